The molecule has 6 heterocycles. The molecule has 25 N–H and O–H groups in total. The zero-order chi connectivity index (χ0) is 69.4. The van der Waals surface area contributed by atoms with E-state index in [1.165, 1.54) is 0 Å². The van der Waals surface area contributed by atoms with Crippen LogP contribution < -0.4 is 16.0 Å². The average Bonchev–Trinajstić information content (AvgIpc) is 0.786. The van der Waals surface area contributed by atoms with E-state index in [-0.39, 0.29) is 6.29 Å². The molecular weight excluding hydrogens is 1280 g/mol. The van der Waals surface area contributed by atoms with Crippen LogP contribution in [-0.2, 0) is 80.8 Å². The van der Waals surface area contributed by atoms with Crippen LogP contribution in [0.4, 0.5) is 0 Å². The number of nitrogens with one attached hydrogen (secondary N) is 3. The lowest BCUT2D eigenvalue weighted by Gasteiger charge is -2.50. The lowest BCUT2D eigenvalue weighted by atomic mass is 9.88. The van der Waals surface area contributed by atoms with Crippen LogP contribution in [0.5, 0.6) is 0 Å². The third-order valence-electron chi connectivity index (χ3n) is 16.3. The molecule has 6 fully saturated rings. The number of hydrogen-bond acceptors (Lipinski definition) is 38. The average molecular weight is 1360 g/mol. The van der Waals surface area contributed by atoms with Crippen LogP contribution in [0.25, 0.3) is 0 Å². The molecule has 42 nitrogen and oxygen atoms in total. The van der Waals surface area contributed by atoms with Crippen LogP contribution in [-0.4, -0.2) is 403 Å². The van der Waals surface area contributed by atoms with Gasteiger partial charge in [0, 0.05) is 27.2 Å². The molecule has 0 aromatic rings. The third kappa shape index (κ3) is 17.9. The Bertz CT molecular complexity index is 2400. The molecule has 6 aliphatic rings. The van der Waals surface area contributed by atoms with Crippen LogP contribution in [0.2, 0.25) is 0 Å². The molecule has 538 valence electrons. The van der Waals surface area contributed by atoms with Gasteiger partial charge in [-0.2, -0.15) is 0 Å². The van der Waals surface area contributed by atoms with Gasteiger partial charge in [-0.3, -0.25) is 14.4 Å². The summed E-state index contributed by atoms with van der Waals surface area (Å²) in [7, 11) is 0. The van der Waals surface area contributed by atoms with Crippen molar-refractivity contribution in [2.75, 3.05) is 46.2 Å². The van der Waals surface area contributed by atoms with Crippen molar-refractivity contribution in [2.24, 2.45) is 0 Å². The number of aliphatic carboxylic acids is 1. The summed E-state index contributed by atoms with van der Waals surface area (Å²) < 4.78 is 68.9. The number of amides is 3. The maximum absolute atomic E-state index is 12.9. The van der Waals surface area contributed by atoms with Crippen LogP contribution >= 0.6 is 0 Å². The lowest BCUT2D eigenvalue weighted by Crippen LogP contribution is -2.70. The first kappa shape index (κ1) is 78.2. The fraction of sp³-hybridized carbons (Fsp3) is 0.902. The first-order valence-corrected chi connectivity index (χ1v) is 29.0. The first-order valence-electron chi connectivity index (χ1n) is 29.0. The van der Waals surface area contributed by atoms with Gasteiger partial charge in [0.25, 0.3) is 5.79 Å². The fourth-order valence-corrected chi connectivity index (χ4v) is 11.2. The molecule has 6 saturated heterocycles. The first-order chi connectivity index (χ1) is 43.7. The van der Waals surface area contributed by atoms with Gasteiger partial charge in [-0.1, -0.05) is 0 Å². The molecule has 0 saturated carbocycles. The van der Waals surface area contributed by atoms with Crippen molar-refractivity contribution in [3.8, 4) is 0 Å². The number of rotatable bonds is 29. The number of carbonyl (C=O) groups excluding carboxylic acids is 4. The Morgan fingerprint density at radius 2 is 0.946 bits per heavy atom. The zero-order valence-electron chi connectivity index (χ0n) is 49.6. The molecular formula is C51H85N3O39. The highest BCUT2D eigenvalue weighted by Crippen LogP contribution is 2.38. The summed E-state index contributed by atoms with van der Waals surface area (Å²) in [5.74, 6) is -7.75. The van der Waals surface area contributed by atoms with Crippen molar-refractivity contribution in [3.05, 3.63) is 0 Å². The van der Waals surface area contributed by atoms with Crippen molar-refractivity contribution in [2.45, 2.75) is 241 Å². The number of ether oxygens (including phenoxy) is 12. The topological polar surface area (TPSA) is 677 Å². The minimum atomic E-state index is -3.04. The number of carboxylic acid groups (broad SMARTS) is 1. The van der Waals surface area contributed by atoms with E-state index in [9.17, 15) is 136 Å². The SMILES string of the molecule is CC(=O)N[C@H]1[C@H](OC[C@H]2O[C@@H](O[C@@H]([C@H](O)[C@@H](O)C=O)[C@H](O)CO)[C@H](O)[C@@H](O[C@@H]3O[C@H](CO)[C@@H](O[C@@H]4O[C@H](CO[C@]5(C(=O)O)C[C@H](O)[C@@H](NC(C)=O)[C@H]([C@H](O)[C@H](O)CO)O5)[C@H](O)[C@H](O)[C@H]4O)[C@H](O)[C@H]3NC(C)=O)[C@H]2O)O[C@H](CO)[C@@H](O[C@@H]2O[C@H](CO)[C@H](O)[C@H](O)[C@H]2O)[C@@H]1O. The number of carbonyl (C=O) groups is 5. The standard InChI is InChI=1S/C51H85N3O39/c1-13(61)52-25-16(64)4-51(50(80)81,93-43(25)29(69)18(66)6-56)83-12-24-31(71)36(76)38(78)48(88-24)91-42-22(10-60)86-46(27(34(42)74)54-15(3)63)92-44-32(72)23(87-49(39(44)79)89-40(19(67)7-57)28(68)17(65)5-55)11-82-45-26(53-14(2)62)33(73)41(21(9-59)85-45)90-47-37(77)35(75)30(70)20(8-58)84-47/h5,16-49,56-60,64-79H,4,6-12H2,1-3H3,(H,52,61)(H,53,62)(H,54,63)(H,80,81)/t16-,17-,18+,19+,20+,21+,22+,23+,24+,25+,26+,27+,28+,29+,30-,31-,32-,33+,34+,35-,36-,37+,38+,39+,40+,41+,42+,43+,44-,45+,46-,47-,48-,49-,51+/m0/s1. The number of carboxylic acids is 1. The minimum Gasteiger partial charge on any atom is -0.477 e. The summed E-state index contributed by atoms with van der Waals surface area (Å²) in [6, 6.07) is -5.42. The summed E-state index contributed by atoms with van der Waals surface area (Å²) >= 11 is 0. The second-order valence-electron chi connectivity index (χ2n) is 22.9. The van der Waals surface area contributed by atoms with Crippen LogP contribution in [0.3, 0.4) is 0 Å². The summed E-state index contributed by atoms with van der Waals surface area (Å²) in [5, 5.41) is 244. The molecule has 6 rings (SSSR count). The molecule has 0 aromatic carbocycles. The van der Waals surface area contributed by atoms with Crippen LogP contribution in [0.15, 0.2) is 0 Å². The molecule has 42 heteroatoms. The van der Waals surface area contributed by atoms with E-state index < -0.39 is 290 Å². The van der Waals surface area contributed by atoms with Crippen molar-refractivity contribution >= 4 is 30.0 Å². The third-order valence-corrected chi connectivity index (χ3v) is 16.3. The van der Waals surface area contributed by atoms with E-state index >= 15 is 0 Å². The smallest absolute Gasteiger partial charge is 0.364 e. The Kier molecular flexibility index (Phi) is 28.7. The maximum atomic E-state index is 12.9. The van der Waals surface area contributed by atoms with E-state index in [0.717, 1.165) is 20.8 Å². The summed E-state index contributed by atoms with van der Waals surface area (Å²) in [6.45, 7) is -4.96. The Balaban J connectivity index is 1.27. The highest BCUT2D eigenvalue weighted by atomic mass is 16.8. The number of aldehydes is 1. The molecule has 0 radical (unpaired) electrons. The molecule has 0 aromatic heterocycles. The molecule has 0 spiro atoms. The molecule has 0 aliphatic carbocycles. The summed E-state index contributed by atoms with van der Waals surface area (Å²) in [6.07, 6.45) is -66.7. The molecule has 0 bridgehead atoms. The van der Waals surface area contributed by atoms with E-state index in [0.29, 0.717) is 0 Å². The molecule has 3 amide bonds. The number of hydrogen-bond donors (Lipinski definition) is 25. The highest BCUT2D eigenvalue weighted by Gasteiger charge is 2.60. The van der Waals surface area contributed by atoms with Gasteiger partial charge in [-0.15, -0.1) is 0 Å². The van der Waals surface area contributed by atoms with Crippen molar-refractivity contribution in [3.63, 3.8) is 0 Å². The molecule has 6 aliphatic heterocycles. The van der Waals surface area contributed by atoms with Gasteiger partial charge < -0.3 is 190 Å². The second kappa shape index (κ2) is 34.1. The maximum Gasteiger partial charge on any atom is 0.364 e. The Morgan fingerprint density at radius 3 is 1.43 bits per heavy atom. The predicted molar refractivity (Wildman–Crippen MR) is 285 cm³/mol. The monoisotopic (exact) mass is 1360 g/mol. The van der Waals surface area contributed by atoms with Gasteiger partial charge in [-0.25, -0.2) is 4.79 Å². The van der Waals surface area contributed by atoms with E-state index in [2.05, 4.69) is 16.0 Å². The minimum absolute atomic E-state index is 0.206. The predicted octanol–water partition coefficient (Wildman–Crippen LogP) is -16.8. The van der Waals surface area contributed by atoms with E-state index in [1.807, 2.05) is 0 Å². The van der Waals surface area contributed by atoms with Crippen molar-refractivity contribution in [1.29, 1.82) is 0 Å². The normalized spacial score (nSPS) is 43.6. The highest BCUT2D eigenvalue weighted by molar-refractivity contribution is 5.77. The Morgan fingerprint density at radius 1 is 0.505 bits per heavy atom. The summed E-state index contributed by atoms with van der Waals surface area (Å²) in [5.41, 5.74) is 0. The number of aliphatic hydroxyl groups is 21. The van der Waals surface area contributed by atoms with Crippen LogP contribution in [0, 0.1) is 0 Å². The van der Waals surface area contributed by atoms with Crippen molar-refractivity contribution in [1.82, 2.24) is 16.0 Å². The lowest BCUT2D eigenvalue weighted by molar-refractivity contribution is -0.379. The van der Waals surface area contributed by atoms with E-state index in [4.69, 9.17) is 56.8 Å². The zero-order valence-corrected chi connectivity index (χ0v) is 49.6. The Labute approximate surface area is 525 Å². The van der Waals surface area contributed by atoms with Gasteiger partial charge in [-0.05, 0) is 0 Å². The van der Waals surface area contributed by atoms with Crippen LogP contribution in [0.1, 0.15) is 27.2 Å². The van der Waals surface area contributed by atoms with Gasteiger partial charge in [0.2, 0.25) is 17.7 Å². The van der Waals surface area contributed by atoms with E-state index in [1.54, 1.807) is 0 Å². The second-order valence-corrected chi connectivity index (χ2v) is 22.9. The number of aliphatic hydroxyl groups excluding tert-OH is 21. The van der Waals surface area contributed by atoms with Crippen molar-refractivity contribution < 1.29 is 193 Å². The Hall–Kier alpha value is -3.77. The quantitative estimate of drug-likeness (QED) is 0.0309. The fourth-order valence-electron chi connectivity index (χ4n) is 11.2. The molecule has 0 unspecified atom stereocenters. The van der Waals surface area contributed by atoms with Gasteiger partial charge in [0.15, 0.2) is 37.7 Å². The summed E-state index contributed by atoms with van der Waals surface area (Å²) in [4.78, 5) is 61.9. The molecule has 93 heavy (non-hydrogen) atoms. The molecule has 35 atom stereocenters. The van der Waals surface area contributed by atoms with Gasteiger partial charge >= 0.3 is 5.97 Å². The van der Waals surface area contributed by atoms with Gasteiger partial charge in [0.05, 0.1) is 58.4 Å². The largest absolute Gasteiger partial charge is 0.477 e. The van der Waals surface area contributed by atoms with Gasteiger partial charge in [0.1, 0.15) is 165 Å².